The molecule has 37 heavy (non-hydrogen) atoms. The predicted octanol–water partition coefficient (Wildman–Crippen LogP) is 3.44. The summed E-state index contributed by atoms with van der Waals surface area (Å²) in [5.74, 6) is -0.317. The third-order valence-electron chi connectivity index (χ3n) is 5.11. The number of para-hydroxylation sites is 1. The molecule has 1 amide bonds. The van der Waals surface area contributed by atoms with E-state index in [0.29, 0.717) is 50.1 Å². The quantitative estimate of drug-likeness (QED) is 0.142. The number of nitrogens with zero attached hydrogens (tertiary/aromatic N) is 1. The lowest BCUT2D eigenvalue weighted by Crippen LogP contribution is -2.45. The Morgan fingerprint density at radius 3 is 2.68 bits per heavy atom. The monoisotopic (exact) mass is 590 g/mol. The number of phenols is 1. The Morgan fingerprint density at radius 1 is 1.19 bits per heavy atom. The third kappa shape index (κ3) is 7.20. The van der Waals surface area contributed by atoms with Gasteiger partial charge in [-0.05, 0) is 72.7 Å². The fourth-order valence-corrected chi connectivity index (χ4v) is 4.28. The van der Waals surface area contributed by atoms with Gasteiger partial charge in [0.2, 0.25) is 0 Å². The number of rotatable bonds is 10. The number of hydrogen-bond donors (Lipinski definition) is 4. The summed E-state index contributed by atoms with van der Waals surface area (Å²) in [6.07, 6.45) is 1.41. The molecule has 1 aliphatic rings. The van der Waals surface area contributed by atoms with Gasteiger partial charge in [-0.25, -0.2) is 10.2 Å². The van der Waals surface area contributed by atoms with Crippen LogP contribution in [0.4, 0.5) is 0 Å². The summed E-state index contributed by atoms with van der Waals surface area (Å²) in [4.78, 5) is 25.1. The number of carbonyl (C=O) groups is 2. The Morgan fingerprint density at radius 2 is 1.95 bits per heavy atom. The van der Waals surface area contributed by atoms with Gasteiger partial charge in [-0.2, -0.15) is 5.10 Å². The molecule has 196 valence electrons. The van der Waals surface area contributed by atoms with E-state index in [1.165, 1.54) is 6.21 Å². The van der Waals surface area contributed by atoms with Crippen LogP contribution in [0.5, 0.6) is 17.2 Å². The molecule has 2 aromatic carbocycles. The highest BCUT2D eigenvalue weighted by Gasteiger charge is 2.32. The van der Waals surface area contributed by atoms with Crippen molar-refractivity contribution in [2.75, 3.05) is 19.8 Å². The minimum Gasteiger partial charge on any atom is -0.503 e. The predicted molar refractivity (Wildman–Crippen MR) is 146 cm³/mol. The van der Waals surface area contributed by atoms with E-state index in [1.54, 1.807) is 57.2 Å². The van der Waals surface area contributed by atoms with Crippen LogP contribution in [0.15, 0.2) is 57.2 Å². The van der Waals surface area contributed by atoms with E-state index in [1.807, 2.05) is 0 Å². The van der Waals surface area contributed by atoms with Crippen LogP contribution < -0.4 is 25.5 Å². The van der Waals surface area contributed by atoms with Crippen LogP contribution in [0, 0.1) is 0 Å². The van der Waals surface area contributed by atoms with E-state index in [0.717, 1.165) is 0 Å². The van der Waals surface area contributed by atoms with Crippen LogP contribution in [0.25, 0.3) is 0 Å². The van der Waals surface area contributed by atoms with Crippen LogP contribution in [0.3, 0.4) is 0 Å². The number of allylic oxidation sites excluding steroid dienone is 1. The summed E-state index contributed by atoms with van der Waals surface area (Å²) in [6, 6.07) is 9.63. The topological polar surface area (TPSA) is 131 Å². The molecule has 0 aromatic heterocycles. The molecule has 0 aliphatic carbocycles. The van der Waals surface area contributed by atoms with Crippen molar-refractivity contribution in [3.8, 4) is 17.2 Å². The lowest BCUT2D eigenvalue weighted by molar-refractivity contribution is -0.139. The first-order chi connectivity index (χ1) is 17.7. The zero-order valence-electron chi connectivity index (χ0n) is 20.5. The molecule has 0 spiro atoms. The number of hydrazone groups is 1. The number of thiocarbonyl (C=S) groups is 1. The molecular weight excluding hydrogens is 564 g/mol. The Hall–Kier alpha value is -3.64. The fraction of sp³-hybridized carbons (Fsp3) is 0.280. The number of aromatic hydroxyl groups is 1. The molecule has 3 rings (SSSR count). The number of halogens is 1. The first kappa shape index (κ1) is 27.9. The summed E-state index contributed by atoms with van der Waals surface area (Å²) in [7, 11) is 0. The van der Waals surface area contributed by atoms with Gasteiger partial charge in [-0.15, -0.1) is 0 Å². The number of amides is 1. The zero-order chi connectivity index (χ0) is 26.9. The van der Waals surface area contributed by atoms with E-state index in [-0.39, 0.29) is 19.0 Å². The van der Waals surface area contributed by atoms with E-state index >= 15 is 0 Å². The SMILES string of the molecule is CCOC(=O)C1=C(C)NC(=S)N[C@@H]1c1ccccc1OCC(=O)NN=Cc1cc(Br)c(O)c(OCC)c1. The van der Waals surface area contributed by atoms with Gasteiger partial charge in [0.1, 0.15) is 5.75 Å². The highest BCUT2D eigenvalue weighted by atomic mass is 79.9. The van der Waals surface area contributed by atoms with Gasteiger partial charge in [0, 0.05) is 11.3 Å². The molecule has 0 fully saturated rings. The number of carbonyl (C=O) groups excluding carboxylic acids is 2. The summed E-state index contributed by atoms with van der Waals surface area (Å²) in [6.45, 7) is 5.55. The number of ether oxygens (including phenoxy) is 3. The molecule has 0 unspecified atom stereocenters. The zero-order valence-corrected chi connectivity index (χ0v) is 22.9. The largest absolute Gasteiger partial charge is 0.503 e. The van der Waals surface area contributed by atoms with Gasteiger partial charge in [0.15, 0.2) is 23.2 Å². The Labute approximate surface area is 228 Å². The number of nitrogens with one attached hydrogen (secondary N) is 3. The lowest BCUT2D eigenvalue weighted by atomic mass is 9.95. The smallest absolute Gasteiger partial charge is 0.338 e. The highest BCUT2D eigenvalue weighted by molar-refractivity contribution is 9.10. The van der Waals surface area contributed by atoms with Gasteiger partial charge in [0.25, 0.3) is 5.91 Å². The molecule has 2 aromatic rings. The van der Waals surface area contributed by atoms with Crippen molar-refractivity contribution in [2.45, 2.75) is 26.8 Å². The van der Waals surface area contributed by atoms with E-state index in [9.17, 15) is 14.7 Å². The summed E-state index contributed by atoms with van der Waals surface area (Å²) >= 11 is 8.54. The summed E-state index contributed by atoms with van der Waals surface area (Å²) < 4.78 is 16.8. The molecule has 1 heterocycles. The van der Waals surface area contributed by atoms with Crippen LogP contribution >= 0.6 is 28.1 Å². The minimum absolute atomic E-state index is 0.0183. The molecule has 12 heteroatoms. The summed E-state index contributed by atoms with van der Waals surface area (Å²) in [5, 5.41) is 20.3. The van der Waals surface area contributed by atoms with Gasteiger partial charge in [0.05, 0.1) is 35.5 Å². The Kier molecular flexibility index (Phi) is 9.86. The standard InChI is InChI=1S/C25H27BrN4O6S/c1-4-34-19-11-15(10-17(26)23(19)32)12-27-30-20(31)13-36-18-9-7-6-8-16(18)22-21(24(33)35-5-2)14(3)28-25(37)29-22/h6-12,22,32H,4-5,13H2,1-3H3,(H,30,31)(H2,28,29,37)/t22-/m1/s1. The number of benzene rings is 2. The van der Waals surface area contributed by atoms with Crippen LogP contribution in [-0.2, 0) is 14.3 Å². The van der Waals surface area contributed by atoms with Gasteiger partial charge < -0.3 is 30.0 Å². The van der Waals surface area contributed by atoms with Crippen molar-refractivity contribution in [3.63, 3.8) is 0 Å². The maximum Gasteiger partial charge on any atom is 0.338 e. The molecule has 0 saturated heterocycles. The van der Waals surface area contributed by atoms with Crippen molar-refractivity contribution in [3.05, 3.63) is 63.3 Å². The first-order valence-corrected chi connectivity index (χ1v) is 12.6. The summed E-state index contributed by atoms with van der Waals surface area (Å²) in [5.41, 5.74) is 4.55. The third-order valence-corrected chi connectivity index (χ3v) is 5.93. The fourth-order valence-electron chi connectivity index (χ4n) is 3.55. The van der Waals surface area contributed by atoms with Gasteiger partial charge >= 0.3 is 5.97 Å². The maximum absolute atomic E-state index is 12.7. The van der Waals surface area contributed by atoms with Crippen molar-refractivity contribution >= 4 is 51.4 Å². The average Bonchev–Trinajstić information content (AvgIpc) is 2.85. The van der Waals surface area contributed by atoms with Gasteiger partial charge in [-0.1, -0.05) is 18.2 Å². The maximum atomic E-state index is 12.7. The Bertz CT molecular complexity index is 1250. The van der Waals surface area contributed by atoms with Crippen molar-refractivity contribution < 1.29 is 28.9 Å². The minimum atomic E-state index is -0.627. The number of hydrogen-bond acceptors (Lipinski definition) is 8. The molecule has 1 aliphatic heterocycles. The first-order valence-electron chi connectivity index (χ1n) is 11.4. The van der Waals surface area contributed by atoms with E-state index < -0.39 is 17.9 Å². The molecule has 0 saturated carbocycles. The molecule has 0 radical (unpaired) electrons. The molecule has 1 atom stereocenters. The van der Waals surface area contributed by atoms with Crippen LogP contribution in [-0.4, -0.2) is 48.1 Å². The van der Waals surface area contributed by atoms with Crippen molar-refractivity contribution in [1.29, 1.82) is 0 Å². The van der Waals surface area contributed by atoms with E-state index in [2.05, 4.69) is 37.1 Å². The highest BCUT2D eigenvalue weighted by Crippen LogP contribution is 2.35. The van der Waals surface area contributed by atoms with Crippen molar-refractivity contribution in [1.82, 2.24) is 16.1 Å². The molecule has 0 bridgehead atoms. The van der Waals surface area contributed by atoms with Crippen molar-refractivity contribution in [2.24, 2.45) is 5.10 Å². The van der Waals surface area contributed by atoms with Crippen LogP contribution in [0.2, 0.25) is 0 Å². The van der Waals surface area contributed by atoms with Gasteiger partial charge in [-0.3, -0.25) is 4.79 Å². The second-order valence-corrected chi connectivity index (χ2v) is 8.96. The second-order valence-electron chi connectivity index (χ2n) is 7.69. The molecule has 4 N–H and O–H groups in total. The molecular formula is C25H27BrN4O6S. The van der Waals surface area contributed by atoms with Crippen LogP contribution in [0.1, 0.15) is 37.9 Å². The van der Waals surface area contributed by atoms with E-state index in [4.69, 9.17) is 26.4 Å². The molecule has 10 nitrogen and oxygen atoms in total. The normalized spacial score (nSPS) is 15.1. The number of esters is 1. The Balaban J connectivity index is 1.70. The second kappa shape index (κ2) is 13.1. The number of phenolic OH excluding ortho intramolecular Hbond substituents is 1. The average molecular weight is 591 g/mol. The lowest BCUT2D eigenvalue weighted by Gasteiger charge is -2.30.